The first kappa shape index (κ1) is 18.0. The van der Waals surface area contributed by atoms with Gasteiger partial charge >= 0.3 is 0 Å². The third-order valence-corrected chi connectivity index (χ3v) is 6.53. The van der Waals surface area contributed by atoms with E-state index in [1.165, 1.54) is 0 Å². The minimum Gasteiger partial charge on any atom is -0.456 e. The second-order valence-electron chi connectivity index (χ2n) is 8.30. The van der Waals surface area contributed by atoms with Crippen LogP contribution in [0.15, 0.2) is 95.4 Å². The largest absolute Gasteiger partial charge is 0.456 e. The van der Waals surface area contributed by atoms with E-state index in [4.69, 9.17) is 4.42 Å². The van der Waals surface area contributed by atoms with E-state index >= 15 is 0 Å². The first-order chi connectivity index (χ1) is 16.2. The molecule has 0 aliphatic carbocycles. The zero-order valence-corrected chi connectivity index (χ0v) is 17.3. The van der Waals surface area contributed by atoms with Crippen LogP contribution in [0.2, 0.25) is 0 Å². The lowest BCUT2D eigenvalue weighted by Crippen LogP contribution is -2.61. The van der Waals surface area contributed by atoms with Gasteiger partial charge in [0.15, 0.2) is 0 Å². The van der Waals surface area contributed by atoms with Gasteiger partial charge in [0.25, 0.3) is 11.8 Å². The van der Waals surface area contributed by atoms with Crippen LogP contribution in [0.3, 0.4) is 0 Å². The fraction of sp³-hybridized carbons (Fsp3) is 0.0370. The van der Waals surface area contributed by atoms with Crippen molar-refractivity contribution >= 4 is 50.8 Å². The van der Waals surface area contributed by atoms with E-state index < -0.39 is 5.66 Å². The summed E-state index contributed by atoms with van der Waals surface area (Å²) in [4.78, 5) is 29.0. The smallest absolute Gasteiger partial charge is 0.276 e. The molecule has 2 N–H and O–H groups in total. The van der Waals surface area contributed by atoms with Crippen LogP contribution in [0.5, 0.6) is 0 Å². The number of amides is 2. The second-order valence-corrected chi connectivity index (χ2v) is 8.30. The van der Waals surface area contributed by atoms with Gasteiger partial charge < -0.3 is 15.1 Å². The maximum atomic E-state index is 13.9. The molecular formula is C27H17N3O3. The van der Waals surface area contributed by atoms with Crippen molar-refractivity contribution in [2.24, 2.45) is 0 Å². The number of fused-ring (bicyclic) bond motifs is 6. The maximum absolute atomic E-state index is 13.9. The zero-order valence-electron chi connectivity index (χ0n) is 17.3. The average molecular weight is 431 g/mol. The van der Waals surface area contributed by atoms with Crippen molar-refractivity contribution in [3.05, 3.63) is 102 Å². The van der Waals surface area contributed by atoms with Crippen molar-refractivity contribution in [2.75, 3.05) is 15.5 Å². The van der Waals surface area contributed by atoms with Gasteiger partial charge in [0.2, 0.25) is 5.66 Å². The molecule has 2 aliphatic rings. The number of carbonyl (C=O) groups is 2. The van der Waals surface area contributed by atoms with E-state index in [1.54, 1.807) is 11.0 Å². The highest BCUT2D eigenvalue weighted by molar-refractivity contribution is 6.22. The van der Waals surface area contributed by atoms with Crippen molar-refractivity contribution in [3.8, 4) is 0 Å². The molecule has 0 radical (unpaired) electrons. The molecule has 0 unspecified atom stereocenters. The molecule has 0 bridgehead atoms. The molecule has 7 rings (SSSR count). The molecular weight excluding hydrogens is 414 g/mol. The molecule has 5 aromatic rings. The third kappa shape index (κ3) is 2.27. The number of benzene rings is 4. The number of anilines is 3. The van der Waals surface area contributed by atoms with Gasteiger partial charge in [-0.15, -0.1) is 0 Å². The highest BCUT2D eigenvalue weighted by Gasteiger charge is 2.57. The highest BCUT2D eigenvalue weighted by atomic mass is 16.3. The lowest BCUT2D eigenvalue weighted by atomic mass is 9.92. The lowest BCUT2D eigenvalue weighted by Gasteiger charge is -2.44. The number of nitrogens with zero attached hydrogens (tertiary/aromatic N) is 1. The van der Waals surface area contributed by atoms with Crippen molar-refractivity contribution in [2.45, 2.75) is 5.66 Å². The number of furan rings is 1. The Morgan fingerprint density at radius 1 is 0.727 bits per heavy atom. The van der Waals surface area contributed by atoms with Gasteiger partial charge in [0.05, 0.1) is 11.3 Å². The van der Waals surface area contributed by atoms with Crippen LogP contribution < -0.4 is 15.5 Å². The Hall–Kier alpha value is -4.58. The zero-order chi connectivity index (χ0) is 22.2. The maximum Gasteiger partial charge on any atom is 0.276 e. The Morgan fingerprint density at radius 3 is 2.36 bits per heavy atom. The van der Waals surface area contributed by atoms with Crippen LogP contribution in [0.4, 0.5) is 17.1 Å². The summed E-state index contributed by atoms with van der Waals surface area (Å²) in [6.45, 7) is 0. The number of nitrogens with one attached hydrogen (secondary N) is 2. The van der Waals surface area contributed by atoms with E-state index in [0.29, 0.717) is 33.8 Å². The van der Waals surface area contributed by atoms with Crippen molar-refractivity contribution in [1.29, 1.82) is 0 Å². The number of rotatable bonds is 1. The van der Waals surface area contributed by atoms with Crippen molar-refractivity contribution in [3.63, 3.8) is 0 Å². The van der Waals surface area contributed by atoms with Crippen LogP contribution in [0, 0.1) is 0 Å². The Morgan fingerprint density at radius 2 is 1.45 bits per heavy atom. The van der Waals surface area contributed by atoms with Crippen LogP contribution in [-0.2, 0) is 10.5 Å². The molecule has 1 spiro atoms. The molecule has 2 amide bonds. The summed E-state index contributed by atoms with van der Waals surface area (Å²) in [5.74, 6) is -0.567. The first-order valence-electron chi connectivity index (χ1n) is 10.7. The van der Waals surface area contributed by atoms with Gasteiger partial charge in [0, 0.05) is 33.8 Å². The van der Waals surface area contributed by atoms with Gasteiger partial charge in [-0.05, 0) is 36.4 Å². The van der Waals surface area contributed by atoms with E-state index in [1.807, 2.05) is 84.9 Å². The number of para-hydroxylation sites is 3. The molecule has 4 aromatic carbocycles. The Balaban J connectivity index is 1.51. The van der Waals surface area contributed by atoms with Gasteiger partial charge in [-0.25, -0.2) is 0 Å². The predicted molar refractivity (Wildman–Crippen MR) is 127 cm³/mol. The lowest BCUT2D eigenvalue weighted by molar-refractivity contribution is -0.119. The van der Waals surface area contributed by atoms with Crippen LogP contribution in [0.25, 0.3) is 21.9 Å². The molecule has 0 saturated heterocycles. The Bertz CT molecular complexity index is 1640. The minimum atomic E-state index is -1.41. The highest BCUT2D eigenvalue weighted by Crippen LogP contribution is 2.47. The summed E-state index contributed by atoms with van der Waals surface area (Å²) < 4.78 is 6.08. The normalized spacial score (nSPS) is 19.0. The van der Waals surface area contributed by atoms with Crippen LogP contribution in [0.1, 0.15) is 15.9 Å². The summed E-state index contributed by atoms with van der Waals surface area (Å²) in [6, 6.07) is 28.2. The van der Waals surface area contributed by atoms with Crippen molar-refractivity contribution < 1.29 is 14.0 Å². The molecule has 3 heterocycles. The van der Waals surface area contributed by atoms with E-state index in [9.17, 15) is 9.59 Å². The molecule has 158 valence electrons. The molecule has 0 fully saturated rings. The Kier molecular flexibility index (Phi) is 3.41. The van der Waals surface area contributed by atoms with Gasteiger partial charge in [-0.2, -0.15) is 0 Å². The topological polar surface area (TPSA) is 74.6 Å². The summed E-state index contributed by atoms with van der Waals surface area (Å²) in [6.07, 6.45) is 0. The van der Waals surface area contributed by atoms with E-state index in [0.717, 1.165) is 16.4 Å². The molecule has 0 saturated carbocycles. The van der Waals surface area contributed by atoms with Gasteiger partial charge in [-0.3, -0.25) is 14.5 Å². The van der Waals surface area contributed by atoms with Crippen LogP contribution >= 0.6 is 0 Å². The van der Waals surface area contributed by atoms with Crippen molar-refractivity contribution in [1.82, 2.24) is 0 Å². The van der Waals surface area contributed by atoms with Gasteiger partial charge in [-0.1, -0.05) is 48.5 Å². The molecule has 1 aromatic heterocycles. The fourth-order valence-electron chi connectivity index (χ4n) is 5.06. The average Bonchev–Trinajstić information content (AvgIpc) is 3.34. The summed E-state index contributed by atoms with van der Waals surface area (Å²) in [7, 11) is 0. The minimum absolute atomic E-state index is 0.258. The van der Waals surface area contributed by atoms with Crippen LogP contribution in [-0.4, -0.2) is 11.8 Å². The SMILES string of the molecule is O=C1c2ccccc2N[C@]2(C(=O)Nc3ccccc32)N1c1ccc2c(c1)oc1ccccc12. The quantitative estimate of drug-likeness (QED) is 0.369. The summed E-state index contributed by atoms with van der Waals surface area (Å²) in [5, 5.41) is 8.31. The molecule has 1 atom stereocenters. The van der Waals surface area contributed by atoms with E-state index in [2.05, 4.69) is 10.6 Å². The molecule has 33 heavy (non-hydrogen) atoms. The predicted octanol–water partition coefficient (Wildman–Crippen LogP) is 5.46. The molecule has 2 aliphatic heterocycles. The summed E-state index contributed by atoms with van der Waals surface area (Å²) in [5.41, 5.74) is 3.08. The molecule has 6 heteroatoms. The van der Waals surface area contributed by atoms with E-state index in [-0.39, 0.29) is 11.8 Å². The summed E-state index contributed by atoms with van der Waals surface area (Å²) >= 11 is 0. The fourth-order valence-corrected chi connectivity index (χ4v) is 5.06. The third-order valence-electron chi connectivity index (χ3n) is 6.53. The number of carbonyl (C=O) groups excluding carboxylic acids is 2. The number of hydrogen-bond acceptors (Lipinski definition) is 4. The Labute approximate surface area is 188 Å². The molecule has 6 nitrogen and oxygen atoms in total. The second kappa shape index (κ2) is 6.23. The van der Waals surface area contributed by atoms with Gasteiger partial charge in [0.1, 0.15) is 11.2 Å². The standard InChI is InChI=1S/C27H17N3O3/c31-25-19-8-1-4-10-21(19)29-27(20-9-3-5-11-22(20)28-26(27)32)30(25)16-13-14-18-17-7-2-6-12-23(17)33-24(18)15-16/h1-15,29H,(H,28,32)/t27-/m0/s1. The monoisotopic (exact) mass is 431 g/mol. The number of hydrogen-bond donors (Lipinski definition) is 2. The first-order valence-corrected chi connectivity index (χ1v) is 10.7.